The number of benzene rings is 1. The van der Waals surface area contributed by atoms with E-state index in [0.717, 1.165) is 46.8 Å². The molecule has 0 radical (unpaired) electrons. The third-order valence-corrected chi connectivity index (χ3v) is 5.07. The van der Waals surface area contributed by atoms with Crippen LogP contribution in [0.1, 0.15) is 24.6 Å². The van der Waals surface area contributed by atoms with Crippen LogP contribution in [-0.4, -0.2) is 29.0 Å². The number of nitrogens with zero attached hydrogens (tertiary/aromatic N) is 2. The number of nitrogens with two attached hydrogens (primary N) is 1. The molecule has 0 amide bonds. The van der Waals surface area contributed by atoms with Crippen molar-refractivity contribution in [1.82, 2.24) is 9.88 Å². The number of rotatable bonds is 3. The molecule has 0 spiro atoms. The van der Waals surface area contributed by atoms with Crippen molar-refractivity contribution in [1.29, 1.82) is 0 Å². The maximum Gasteiger partial charge on any atom is 0.0740 e. The Morgan fingerprint density at radius 2 is 2.04 bits per heavy atom. The van der Waals surface area contributed by atoms with Gasteiger partial charge in [0, 0.05) is 24.5 Å². The third kappa shape index (κ3) is 4.28. The SMILES string of the molecule is Cc1c(Cl)c(CN2CCC(C(C)N)C2)nc2ccccc12.Cl.Cl. The van der Waals surface area contributed by atoms with Gasteiger partial charge in [-0.15, -0.1) is 24.8 Å². The van der Waals surface area contributed by atoms with Crippen LogP contribution in [0, 0.1) is 12.8 Å². The summed E-state index contributed by atoms with van der Waals surface area (Å²) in [6, 6.07) is 8.44. The van der Waals surface area contributed by atoms with E-state index < -0.39 is 0 Å². The van der Waals surface area contributed by atoms with Crippen LogP contribution in [0.15, 0.2) is 24.3 Å². The molecule has 128 valence electrons. The van der Waals surface area contributed by atoms with E-state index in [1.807, 2.05) is 12.1 Å². The number of aryl methyl sites for hydroxylation is 1. The first-order chi connectivity index (χ1) is 10.1. The Morgan fingerprint density at radius 1 is 1.35 bits per heavy atom. The Morgan fingerprint density at radius 3 is 2.70 bits per heavy atom. The highest BCUT2D eigenvalue weighted by atomic mass is 35.5. The maximum absolute atomic E-state index is 6.54. The minimum atomic E-state index is 0. The molecule has 1 aliphatic rings. The first-order valence-corrected chi connectivity index (χ1v) is 7.95. The number of hydrogen-bond donors (Lipinski definition) is 1. The van der Waals surface area contributed by atoms with E-state index in [2.05, 4.69) is 30.9 Å². The maximum atomic E-state index is 6.54. The second kappa shape index (κ2) is 8.50. The van der Waals surface area contributed by atoms with E-state index in [1.54, 1.807) is 0 Å². The molecule has 2 heterocycles. The van der Waals surface area contributed by atoms with E-state index in [4.69, 9.17) is 22.3 Å². The van der Waals surface area contributed by atoms with Gasteiger partial charge in [-0.05, 0) is 44.4 Å². The number of halogens is 3. The van der Waals surface area contributed by atoms with Gasteiger partial charge in [0.25, 0.3) is 0 Å². The van der Waals surface area contributed by atoms with E-state index >= 15 is 0 Å². The molecular formula is C17H24Cl3N3. The summed E-state index contributed by atoms with van der Waals surface area (Å²) in [6.07, 6.45) is 1.17. The third-order valence-electron chi connectivity index (χ3n) is 4.57. The van der Waals surface area contributed by atoms with E-state index in [9.17, 15) is 0 Å². The Bertz CT molecular complexity index is 661. The first kappa shape index (κ1) is 20.5. The number of para-hydroxylation sites is 1. The average molecular weight is 377 g/mol. The molecule has 1 aromatic carbocycles. The highest BCUT2D eigenvalue weighted by Gasteiger charge is 2.26. The summed E-state index contributed by atoms with van der Waals surface area (Å²) in [5.41, 5.74) is 9.15. The quantitative estimate of drug-likeness (QED) is 0.872. The second-order valence-corrected chi connectivity index (χ2v) is 6.54. The van der Waals surface area contributed by atoms with Gasteiger partial charge in [-0.1, -0.05) is 29.8 Å². The summed E-state index contributed by atoms with van der Waals surface area (Å²) in [5, 5.41) is 1.94. The number of pyridine rings is 1. The molecule has 0 bridgehead atoms. The van der Waals surface area contributed by atoms with Crippen molar-refractivity contribution in [3.8, 4) is 0 Å². The van der Waals surface area contributed by atoms with Gasteiger partial charge in [0.15, 0.2) is 0 Å². The van der Waals surface area contributed by atoms with Gasteiger partial charge in [-0.2, -0.15) is 0 Å². The van der Waals surface area contributed by atoms with E-state index in [0.29, 0.717) is 5.92 Å². The Kier molecular flexibility index (Phi) is 7.56. The topological polar surface area (TPSA) is 42.1 Å². The first-order valence-electron chi connectivity index (χ1n) is 7.58. The largest absolute Gasteiger partial charge is 0.328 e. The zero-order valence-corrected chi connectivity index (χ0v) is 15.8. The molecule has 23 heavy (non-hydrogen) atoms. The summed E-state index contributed by atoms with van der Waals surface area (Å²) in [6.45, 7) is 7.11. The van der Waals surface area contributed by atoms with Crippen LogP contribution in [0.5, 0.6) is 0 Å². The lowest BCUT2D eigenvalue weighted by atomic mass is 10.0. The lowest BCUT2D eigenvalue weighted by Crippen LogP contribution is -2.29. The molecule has 6 heteroatoms. The lowest BCUT2D eigenvalue weighted by molar-refractivity contribution is 0.305. The molecule has 1 saturated heterocycles. The average Bonchev–Trinajstić information content (AvgIpc) is 2.93. The molecule has 2 N–H and O–H groups in total. The van der Waals surface area contributed by atoms with Crippen LogP contribution >= 0.6 is 36.4 Å². The van der Waals surface area contributed by atoms with Gasteiger partial charge >= 0.3 is 0 Å². The van der Waals surface area contributed by atoms with Gasteiger partial charge in [0.1, 0.15) is 0 Å². The monoisotopic (exact) mass is 375 g/mol. The summed E-state index contributed by atoms with van der Waals surface area (Å²) in [7, 11) is 0. The predicted molar refractivity (Wildman–Crippen MR) is 103 cm³/mol. The highest BCUT2D eigenvalue weighted by Crippen LogP contribution is 2.29. The van der Waals surface area contributed by atoms with Gasteiger partial charge in [-0.25, -0.2) is 4.98 Å². The molecule has 0 saturated carbocycles. The minimum Gasteiger partial charge on any atom is -0.328 e. The molecule has 1 aliphatic heterocycles. The van der Waals surface area contributed by atoms with E-state index in [1.165, 1.54) is 6.42 Å². The zero-order valence-electron chi connectivity index (χ0n) is 13.5. The standard InChI is InChI=1S/C17H22ClN3.2ClH/c1-11-14-5-3-4-6-15(14)20-16(17(11)18)10-21-8-7-13(9-21)12(2)19;;/h3-6,12-13H,7-10,19H2,1-2H3;2*1H. The fourth-order valence-electron chi connectivity index (χ4n) is 3.17. The summed E-state index contributed by atoms with van der Waals surface area (Å²) in [4.78, 5) is 7.18. The molecule has 3 rings (SSSR count). The van der Waals surface area contributed by atoms with Gasteiger partial charge in [0.05, 0.1) is 16.2 Å². The van der Waals surface area contributed by atoms with Crippen molar-refractivity contribution in [3.63, 3.8) is 0 Å². The Labute approximate surface area is 155 Å². The molecule has 2 aromatic rings. The van der Waals surface area contributed by atoms with Crippen LogP contribution in [0.4, 0.5) is 0 Å². The van der Waals surface area contributed by atoms with Crippen LogP contribution in [0.2, 0.25) is 5.02 Å². The van der Waals surface area contributed by atoms with Crippen LogP contribution in [0.25, 0.3) is 10.9 Å². The summed E-state index contributed by atoms with van der Waals surface area (Å²) < 4.78 is 0. The van der Waals surface area contributed by atoms with Gasteiger partial charge in [0.2, 0.25) is 0 Å². The zero-order chi connectivity index (χ0) is 15.0. The van der Waals surface area contributed by atoms with Crippen molar-refractivity contribution in [3.05, 3.63) is 40.5 Å². The van der Waals surface area contributed by atoms with Crippen LogP contribution < -0.4 is 5.73 Å². The molecule has 1 fully saturated rings. The normalized spacial score (nSPS) is 19.2. The van der Waals surface area contributed by atoms with Crippen molar-refractivity contribution < 1.29 is 0 Å². The minimum absolute atomic E-state index is 0. The number of aromatic nitrogens is 1. The molecule has 1 aromatic heterocycles. The smallest absolute Gasteiger partial charge is 0.0740 e. The van der Waals surface area contributed by atoms with Crippen molar-refractivity contribution >= 4 is 47.3 Å². The van der Waals surface area contributed by atoms with E-state index in [-0.39, 0.29) is 30.9 Å². The van der Waals surface area contributed by atoms with Gasteiger partial charge < -0.3 is 5.73 Å². The second-order valence-electron chi connectivity index (χ2n) is 6.16. The Hall–Kier alpha value is -0.580. The Balaban J connectivity index is 0.00000132. The summed E-state index contributed by atoms with van der Waals surface area (Å²) >= 11 is 6.54. The molecular weight excluding hydrogens is 353 g/mol. The number of hydrogen-bond acceptors (Lipinski definition) is 3. The van der Waals surface area contributed by atoms with Gasteiger partial charge in [-0.3, -0.25) is 4.90 Å². The lowest BCUT2D eigenvalue weighted by Gasteiger charge is -2.19. The molecule has 2 unspecified atom stereocenters. The number of fused-ring (bicyclic) bond motifs is 1. The predicted octanol–water partition coefficient (Wildman–Crippen LogP) is 4.21. The van der Waals surface area contributed by atoms with Crippen molar-refractivity contribution in [2.45, 2.75) is 32.9 Å². The van der Waals surface area contributed by atoms with Crippen LogP contribution in [0.3, 0.4) is 0 Å². The fraction of sp³-hybridized carbons (Fsp3) is 0.471. The fourth-order valence-corrected chi connectivity index (χ4v) is 3.37. The summed E-state index contributed by atoms with van der Waals surface area (Å²) in [5.74, 6) is 0.588. The molecule has 3 nitrogen and oxygen atoms in total. The molecule has 0 aliphatic carbocycles. The number of likely N-dealkylation sites (tertiary alicyclic amines) is 1. The van der Waals surface area contributed by atoms with Crippen molar-refractivity contribution in [2.24, 2.45) is 11.7 Å². The molecule has 2 atom stereocenters. The van der Waals surface area contributed by atoms with Crippen LogP contribution in [-0.2, 0) is 6.54 Å². The highest BCUT2D eigenvalue weighted by molar-refractivity contribution is 6.32. The van der Waals surface area contributed by atoms with Crippen molar-refractivity contribution in [2.75, 3.05) is 13.1 Å².